The maximum Gasteiger partial charge on any atom is 0.410 e. The molecule has 0 spiro atoms. The van der Waals surface area contributed by atoms with Crippen molar-refractivity contribution < 1.29 is 28.1 Å². The second kappa shape index (κ2) is 14.4. The monoisotopic (exact) mass is 654 g/mol. The van der Waals surface area contributed by atoms with E-state index in [0.29, 0.717) is 75.5 Å². The van der Waals surface area contributed by atoms with Gasteiger partial charge in [-0.25, -0.2) is 9.18 Å². The van der Waals surface area contributed by atoms with Gasteiger partial charge in [-0.05, 0) is 62.9 Å². The van der Waals surface area contributed by atoms with Gasteiger partial charge in [-0.3, -0.25) is 0 Å². The zero-order valence-electron chi connectivity index (χ0n) is 28.0. The molecule has 1 aromatic heterocycles. The molecule has 3 aromatic carbocycles. The van der Waals surface area contributed by atoms with Gasteiger partial charge in [0.05, 0.1) is 12.2 Å². The number of pyridine rings is 1. The lowest BCUT2D eigenvalue weighted by molar-refractivity contribution is 0.0200. The average molecular weight is 655 g/mol. The van der Waals surface area contributed by atoms with Crippen LogP contribution in [0.25, 0.3) is 0 Å². The smallest absolute Gasteiger partial charge is 0.410 e. The van der Waals surface area contributed by atoms with E-state index in [4.69, 9.17) is 23.9 Å². The third-order valence-electron chi connectivity index (χ3n) is 8.48. The van der Waals surface area contributed by atoms with Gasteiger partial charge >= 0.3 is 6.09 Å². The van der Waals surface area contributed by atoms with E-state index >= 15 is 4.39 Å². The number of piperidine rings is 1. The predicted octanol–water partition coefficient (Wildman–Crippen LogP) is 7.74. The van der Waals surface area contributed by atoms with Crippen LogP contribution in [0, 0.1) is 5.82 Å². The first-order chi connectivity index (χ1) is 23.2. The Hall–Kier alpha value is -4.99. The highest BCUT2D eigenvalue weighted by molar-refractivity contribution is 5.80. The van der Waals surface area contributed by atoms with Gasteiger partial charge in [0.2, 0.25) is 11.8 Å². The van der Waals surface area contributed by atoms with Crippen LogP contribution in [-0.4, -0.2) is 60.9 Å². The lowest BCUT2D eigenvalue weighted by atomic mass is 10.0. The second-order valence-electron chi connectivity index (χ2n) is 13.1. The normalized spacial score (nSPS) is 14.9. The summed E-state index contributed by atoms with van der Waals surface area (Å²) in [7, 11) is 1.77. The topological polar surface area (TPSA) is 76.6 Å². The minimum atomic E-state index is -0.570. The summed E-state index contributed by atoms with van der Waals surface area (Å²) in [5.41, 5.74) is 3.37. The fourth-order valence-corrected chi connectivity index (χ4v) is 6.02. The van der Waals surface area contributed by atoms with Gasteiger partial charge in [-0.2, -0.15) is 4.98 Å². The summed E-state index contributed by atoms with van der Waals surface area (Å²) >= 11 is 0. The molecule has 1 saturated heterocycles. The summed E-state index contributed by atoms with van der Waals surface area (Å²) in [6.07, 6.45) is 1.00. The van der Waals surface area contributed by atoms with Gasteiger partial charge in [0.25, 0.3) is 0 Å². The third-order valence-corrected chi connectivity index (χ3v) is 8.48. The van der Waals surface area contributed by atoms with E-state index in [0.717, 1.165) is 22.5 Å². The lowest BCUT2D eigenvalue weighted by Gasteiger charge is -2.40. The van der Waals surface area contributed by atoms with E-state index in [2.05, 4.69) is 4.90 Å². The Balaban J connectivity index is 1.24. The first kappa shape index (κ1) is 32.9. The highest BCUT2D eigenvalue weighted by Gasteiger charge is 2.33. The number of carbonyl (C=O) groups excluding carboxylic acids is 1. The molecule has 0 unspecified atom stereocenters. The highest BCUT2D eigenvalue weighted by Crippen LogP contribution is 2.47. The van der Waals surface area contributed by atoms with Crippen molar-refractivity contribution in [1.29, 1.82) is 0 Å². The van der Waals surface area contributed by atoms with Crippen molar-refractivity contribution in [2.24, 2.45) is 0 Å². The number of amides is 1. The molecule has 6 rings (SSSR count). The standard InChI is InChI=1S/C38H43FN4O5/c1-38(2,3)48-37(44)41(4)29-19-21-42(22-20-29)34-30(39)15-16-31-35(34)45-24-23-43(31)32-17-18-33(46-25-27-11-7-5-8-12-27)40-36(32)47-26-28-13-9-6-10-14-28/h5-18,29H,19-26H2,1-4H3. The number of benzene rings is 3. The Morgan fingerprint density at radius 2 is 1.50 bits per heavy atom. The van der Waals surface area contributed by atoms with Crippen molar-refractivity contribution >= 4 is 23.2 Å². The van der Waals surface area contributed by atoms with Crippen LogP contribution < -0.4 is 24.0 Å². The summed E-state index contributed by atoms with van der Waals surface area (Å²) in [6.45, 7) is 8.27. The van der Waals surface area contributed by atoms with Crippen molar-refractivity contribution in [1.82, 2.24) is 9.88 Å². The summed E-state index contributed by atoms with van der Waals surface area (Å²) in [5, 5.41) is 0. The molecule has 48 heavy (non-hydrogen) atoms. The first-order valence-electron chi connectivity index (χ1n) is 16.4. The van der Waals surface area contributed by atoms with E-state index in [9.17, 15) is 4.79 Å². The van der Waals surface area contributed by atoms with E-state index < -0.39 is 5.60 Å². The lowest BCUT2D eigenvalue weighted by Crippen LogP contribution is -2.47. The molecule has 0 radical (unpaired) electrons. The molecule has 0 N–H and O–H groups in total. The summed E-state index contributed by atoms with van der Waals surface area (Å²) < 4.78 is 39.8. The quantitative estimate of drug-likeness (QED) is 0.181. The molecule has 9 nitrogen and oxygen atoms in total. The van der Waals surface area contributed by atoms with Gasteiger partial charge in [0, 0.05) is 32.2 Å². The molecule has 0 bridgehead atoms. The highest BCUT2D eigenvalue weighted by atomic mass is 19.1. The molecular formula is C38H43FN4O5. The van der Waals surface area contributed by atoms with Gasteiger partial charge in [-0.1, -0.05) is 60.7 Å². The molecule has 0 aliphatic carbocycles. The number of nitrogens with zero attached hydrogens (tertiary/aromatic N) is 4. The fourth-order valence-electron chi connectivity index (χ4n) is 6.02. The van der Waals surface area contributed by atoms with Crippen molar-refractivity contribution in [3.8, 4) is 17.5 Å². The number of halogens is 1. The molecule has 2 aliphatic heterocycles. The van der Waals surface area contributed by atoms with Crippen LogP contribution in [-0.2, 0) is 18.0 Å². The van der Waals surface area contributed by atoms with E-state index in [1.54, 1.807) is 18.0 Å². The first-order valence-corrected chi connectivity index (χ1v) is 16.4. The zero-order chi connectivity index (χ0) is 33.7. The van der Waals surface area contributed by atoms with Crippen molar-refractivity contribution in [2.45, 2.75) is 58.5 Å². The summed E-state index contributed by atoms with van der Waals surface area (Å²) in [5.74, 6) is 0.990. The minimum absolute atomic E-state index is 0.00543. The van der Waals surface area contributed by atoms with Gasteiger partial charge in [0.1, 0.15) is 42.6 Å². The largest absolute Gasteiger partial charge is 0.487 e. The number of rotatable bonds is 9. The Morgan fingerprint density at radius 1 is 0.875 bits per heavy atom. The van der Waals surface area contributed by atoms with Crippen LogP contribution in [0.2, 0.25) is 0 Å². The predicted molar refractivity (Wildman–Crippen MR) is 184 cm³/mol. The van der Waals surface area contributed by atoms with Crippen LogP contribution in [0.5, 0.6) is 17.5 Å². The fraction of sp³-hybridized carbons (Fsp3) is 0.368. The van der Waals surface area contributed by atoms with Gasteiger partial charge in [0.15, 0.2) is 5.75 Å². The maximum absolute atomic E-state index is 15.6. The van der Waals surface area contributed by atoms with Crippen molar-refractivity contribution in [3.63, 3.8) is 0 Å². The molecule has 252 valence electrons. The molecule has 10 heteroatoms. The van der Waals surface area contributed by atoms with Crippen LogP contribution in [0.1, 0.15) is 44.7 Å². The van der Waals surface area contributed by atoms with Gasteiger partial charge < -0.3 is 33.6 Å². The van der Waals surface area contributed by atoms with E-state index in [1.165, 1.54) is 6.07 Å². The third kappa shape index (κ3) is 7.75. The average Bonchev–Trinajstić information content (AvgIpc) is 3.09. The number of anilines is 3. The Morgan fingerprint density at radius 3 is 2.15 bits per heavy atom. The molecule has 1 amide bonds. The number of hydrogen-bond acceptors (Lipinski definition) is 8. The van der Waals surface area contributed by atoms with Crippen molar-refractivity contribution in [2.75, 3.05) is 43.1 Å². The number of hydrogen-bond donors (Lipinski definition) is 0. The summed E-state index contributed by atoms with van der Waals surface area (Å²) in [4.78, 5) is 23.2. The Labute approximate surface area is 281 Å². The number of fused-ring (bicyclic) bond motifs is 1. The van der Waals surface area contributed by atoms with Crippen molar-refractivity contribution in [3.05, 3.63) is 102 Å². The molecule has 2 aliphatic rings. The molecular weight excluding hydrogens is 611 g/mol. The van der Waals surface area contributed by atoms with Gasteiger partial charge in [-0.15, -0.1) is 0 Å². The number of aromatic nitrogens is 1. The molecule has 0 saturated carbocycles. The number of ether oxygens (including phenoxy) is 4. The van der Waals surface area contributed by atoms with Crippen LogP contribution in [0.3, 0.4) is 0 Å². The molecule has 4 aromatic rings. The Bertz CT molecular complexity index is 1690. The number of carbonyl (C=O) groups is 1. The minimum Gasteiger partial charge on any atom is -0.487 e. The maximum atomic E-state index is 15.6. The van der Waals surface area contributed by atoms with Crippen LogP contribution in [0.4, 0.5) is 26.2 Å². The Kier molecular flexibility index (Phi) is 9.89. The van der Waals surface area contributed by atoms with E-state index in [-0.39, 0.29) is 18.0 Å². The second-order valence-corrected chi connectivity index (χ2v) is 13.1. The molecule has 0 atom stereocenters. The van der Waals surface area contributed by atoms with Crippen LogP contribution >= 0.6 is 0 Å². The zero-order valence-corrected chi connectivity index (χ0v) is 28.0. The molecule has 3 heterocycles. The summed E-state index contributed by atoms with van der Waals surface area (Å²) in [6, 6.07) is 26.8. The molecule has 1 fully saturated rings. The van der Waals surface area contributed by atoms with E-state index in [1.807, 2.05) is 98.5 Å². The van der Waals surface area contributed by atoms with Crippen LogP contribution in [0.15, 0.2) is 84.9 Å². The SMILES string of the molecule is CN(C(=O)OC(C)(C)C)C1CCN(c2c(F)ccc3c2OCCN3c2ccc(OCc3ccccc3)nc2OCc2ccccc2)CC1.